The number of ether oxygens (including phenoxy) is 3. The molecule has 1 saturated heterocycles. The highest BCUT2D eigenvalue weighted by molar-refractivity contribution is 5.68. The highest BCUT2D eigenvalue weighted by Gasteiger charge is 2.23. The first kappa shape index (κ1) is 18.1. The van der Waals surface area contributed by atoms with Gasteiger partial charge in [-0.15, -0.1) is 0 Å². The van der Waals surface area contributed by atoms with Gasteiger partial charge >= 0.3 is 6.09 Å². The molecule has 1 aromatic carbocycles. The molecule has 1 aromatic heterocycles. The molecular formula is C19H23N5O4. The molecule has 1 amide bonds. The normalized spacial score (nSPS) is 15.5. The van der Waals surface area contributed by atoms with Crippen molar-refractivity contribution in [3.05, 3.63) is 36.0 Å². The summed E-state index contributed by atoms with van der Waals surface area (Å²) in [6.45, 7) is 5.61. The maximum Gasteiger partial charge on any atom is 0.409 e. The monoisotopic (exact) mass is 385 g/mol. The number of anilines is 2. The van der Waals surface area contributed by atoms with Crippen LogP contribution in [0.5, 0.6) is 11.5 Å². The van der Waals surface area contributed by atoms with Gasteiger partial charge in [-0.25, -0.2) is 9.78 Å². The minimum Gasteiger partial charge on any atom is -0.454 e. The van der Waals surface area contributed by atoms with Crippen molar-refractivity contribution in [3.8, 4) is 11.5 Å². The van der Waals surface area contributed by atoms with Crippen molar-refractivity contribution in [3.63, 3.8) is 0 Å². The van der Waals surface area contributed by atoms with E-state index in [4.69, 9.17) is 14.2 Å². The summed E-state index contributed by atoms with van der Waals surface area (Å²) < 4.78 is 15.8. The number of hydrogen-bond donors (Lipinski definition) is 1. The lowest BCUT2D eigenvalue weighted by Crippen LogP contribution is -2.49. The van der Waals surface area contributed by atoms with Gasteiger partial charge in [-0.1, -0.05) is 6.07 Å². The van der Waals surface area contributed by atoms with Crippen LogP contribution in [0.3, 0.4) is 0 Å². The van der Waals surface area contributed by atoms with Gasteiger partial charge in [0.05, 0.1) is 6.61 Å². The van der Waals surface area contributed by atoms with E-state index in [1.807, 2.05) is 31.2 Å². The molecule has 0 spiro atoms. The van der Waals surface area contributed by atoms with Crippen LogP contribution in [0.4, 0.5) is 16.6 Å². The Labute approximate surface area is 163 Å². The average molecular weight is 385 g/mol. The molecule has 0 aliphatic carbocycles. The third-order valence-electron chi connectivity index (χ3n) is 4.64. The fourth-order valence-corrected chi connectivity index (χ4v) is 3.15. The largest absolute Gasteiger partial charge is 0.454 e. The third-order valence-corrected chi connectivity index (χ3v) is 4.64. The molecule has 2 aliphatic rings. The zero-order chi connectivity index (χ0) is 19.3. The number of nitrogens with one attached hydrogen (secondary N) is 1. The molecule has 0 saturated carbocycles. The molecule has 2 aromatic rings. The Hall–Kier alpha value is -3.23. The predicted molar refractivity (Wildman–Crippen MR) is 103 cm³/mol. The van der Waals surface area contributed by atoms with E-state index < -0.39 is 0 Å². The Bertz CT molecular complexity index is 839. The zero-order valence-electron chi connectivity index (χ0n) is 15.8. The van der Waals surface area contributed by atoms with E-state index >= 15 is 0 Å². The summed E-state index contributed by atoms with van der Waals surface area (Å²) in [4.78, 5) is 24.6. The first-order valence-corrected chi connectivity index (χ1v) is 9.35. The van der Waals surface area contributed by atoms with Crippen molar-refractivity contribution in [1.82, 2.24) is 14.9 Å². The lowest BCUT2D eigenvalue weighted by Gasteiger charge is -2.34. The van der Waals surface area contributed by atoms with Gasteiger partial charge in [0.1, 0.15) is 5.82 Å². The smallest absolute Gasteiger partial charge is 0.409 e. The van der Waals surface area contributed by atoms with E-state index in [1.165, 1.54) is 0 Å². The van der Waals surface area contributed by atoms with Crippen molar-refractivity contribution in [2.75, 3.05) is 49.8 Å². The van der Waals surface area contributed by atoms with Crippen LogP contribution in [0, 0.1) is 0 Å². The van der Waals surface area contributed by atoms with E-state index in [2.05, 4.69) is 20.2 Å². The summed E-state index contributed by atoms with van der Waals surface area (Å²) in [6.07, 6.45) is 1.48. The van der Waals surface area contributed by atoms with Crippen LogP contribution in [0.1, 0.15) is 12.5 Å². The molecule has 4 rings (SSSR count). The van der Waals surface area contributed by atoms with E-state index in [9.17, 15) is 4.79 Å². The highest BCUT2D eigenvalue weighted by atomic mass is 16.7. The number of hydrogen-bond acceptors (Lipinski definition) is 8. The van der Waals surface area contributed by atoms with Crippen molar-refractivity contribution < 1.29 is 19.0 Å². The minimum absolute atomic E-state index is 0.262. The van der Waals surface area contributed by atoms with Crippen LogP contribution in [-0.4, -0.2) is 60.5 Å². The van der Waals surface area contributed by atoms with Crippen molar-refractivity contribution in [1.29, 1.82) is 0 Å². The molecule has 0 radical (unpaired) electrons. The lowest BCUT2D eigenvalue weighted by atomic mass is 10.2. The number of piperazine rings is 1. The summed E-state index contributed by atoms with van der Waals surface area (Å²) in [5.74, 6) is 2.94. The molecule has 1 fully saturated rings. The molecule has 3 heterocycles. The summed E-state index contributed by atoms with van der Waals surface area (Å²) in [6, 6.07) is 7.71. The van der Waals surface area contributed by atoms with E-state index in [1.54, 1.807) is 11.1 Å². The summed E-state index contributed by atoms with van der Waals surface area (Å²) in [5, 5.41) is 3.32. The molecule has 0 unspecified atom stereocenters. The SMILES string of the molecule is CCOC(=O)N1CCN(c2nccc(NCc3ccc4c(c3)OCO4)n2)CC1. The Morgan fingerprint density at radius 3 is 2.82 bits per heavy atom. The van der Waals surface area contributed by atoms with Gasteiger partial charge in [-0.05, 0) is 30.7 Å². The second kappa shape index (κ2) is 8.20. The molecule has 1 N–H and O–H groups in total. The minimum atomic E-state index is -0.262. The molecule has 28 heavy (non-hydrogen) atoms. The highest BCUT2D eigenvalue weighted by Crippen LogP contribution is 2.32. The topological polar surface area (TPSA) is 89.1 Å². The summed E-state index contributed by atoms with van der Waals surface area (Å²) >= 11 is 0. The molecular weight excluding hydrogens is 362 g/mol. The van der Waals surface area contributed by atoms with Crippen molar-refractivity contribution in [2.45, 2.75) is 13.5 Å². The summed E-state index contributed by atoms with van der Waals surface area (Å²) in [5.41, 5.74) is 1.08. The van der Waals surface area contributed by atoms with Gasteiger partial charge in [-0.3, -0.25) is 0 Å². The number of amides is 1. The van der Waals surface area contributed by atoms with E-state index in [0.29, 0.717) is 45.3 Å². The second-order valence-electron chi connectivity index (χ2n) is 6.46. The number of carbonyl (C=O) groups is 1. The Kier molecular flexibility index (Phi) is 5.31. The fourth-order valence-electron chi connectivity index (χ4n) is 3.15. The number of fused-ring (bicyclic) bond motifs is 1. The van der Waals surface area contributed by atoms with Gasteiger partial charge in [-0.2, -0.15) is 4.98 Å². The molecule has 9 nitrogen and oxygen atoms in total. The lowest BCUT2D eigenvalue weighted by molar-refractivity contribution is 0.105. The first-order chi connectivity index (χ1) is 13.7. The molecule has 0 atom stereocenters. The van der Waals surface area contributed by atoms with Gasteiger partial charge < -0.3 is 29.3 Å². The van der Waals surface area contributed by atoms with Gasteiger partial charge in [0.25, 0.3) is 0 Å². The summed E-state index contributed by atoms with van der Waals surface area (Å²) in [7, 11) is 0. The van der Waals surface area contributed by atoms with Gasteiger partial charge in [0, 0.05) is 38.9 Å². The van der Waals surface area contributed by atoms with Crippen molar-refractivity contribution >= 4 is 17.9 Å². The molecule has 0 bridgehead atoms. The Morgan fingerprint density at radius 2 is 2.00 bits per heavy atom. The number of carbonyl (C=O) groups excluding carboxylic acids is 1. The molecule has 148 valence electrons. The molecule has 2 aliphatic heterocycles. The number of nitrogens with zero attached hydrogens (tertiary/aromatic N) is 4. The zero-order valence-corrected chi connectivity index (χ0v) is 15.8. The standard InChI is InChI=1S/C19H23N5O4/c1-2-26-19(25)24-9-7-23(8-10-24)18-20-6-5-17(22-18)21-12-14-3-4-15-16(11-14)28-13-27-15/h3-6,11H,2,7-10,12-13H2,1H3,(H,20,21,22). The van der Waals surface area contributed by atoms with Crippen LogP contribution in [0.15, 0.2) is 30.5 Å². The second-order valence-corrected chi connectivity index (χ2v) is 6.46. The van der Waals surface area contributed by atoms with Crippen LogP contribution >= 0.6 is 0 Å². The Balaban J connectivity index is 1.34. The van der Waals surface area contributed by atoms with Crippen LogP contribution in [0.2, 0.25) is 0 Å². The predicted octanol–water partition coefficient (Wildman–Crippen LogP) is 2.10. The van der Waals surface area contributed by atoms with E-state index in [0.717, 1.165) is 22.9 Å². The van der Waals surface area contributed by atoms with Gasteiger partial charge in [0.2, 0.25) is 12.7 Å². The average Bonchev–Trinajstić information content (AvgIpc) is 3.21. The fraction of sp³-hybridized carbons (Fsp3) is 0.421. The third kappa shape index (κ3) is 4.03. The number of benzene rings is 1. The van der Waals surface area contributed by atoms with E-state index in [-0.39, 0.29) is 12.9 Å². The van der Waals surface area contributed by atoms with Crippen molar-refractivity contribution in [2.24, 2.45) is 0 Å². The first-order valence-electron chi connectivity index (χ1n) is 9.35. The maximum atomic E-state index is 11.8. The molecule has 9 heteroatoms. The quantitative estimate of drug-likeness (QED) is 0.837. The maximum absolute atomic E-state index is 11.8. The van der Waals surface area contributed by atoms with Crippen LogP contribution in [0.25, 0.3) is 0 Å². The number of aromatic nitrogens is 2. The van der Waals surface area contributed by atoms with Gasteiger partial charge in [0.15, 0.2) is 11.5 Å². The van der Waals surface area contributed by atoms with Crippen LogP contribution in [-0.2, 0) is 11.3 Å². The van der Waals surface area contributed by atoms with Crippen LogP contribution < -0.4 is 19.7 Å². The Morgan fingerprint density at radius 1 is 1.18 bits per heavy atom. The number of rotatable bonds is 5.